The summed E-state index contributed by atoms with van der Waals surface area (Å²) < 4.78 is 55.6. The maximum absolute atomic E-state index is 13.0. The maximum Gasteiger partial charge on any atom is 0.406 e. The van der Waals surface area contributed by atoms with Crippen molar-refractivity contribution in [3.8, 4) is 17.2 Å². The minimum absolute atomic E-state index is 0.302. The van der Waals surface area contributed by atoms with Crippen LogP contribution in [0.1, 0.15) is 0 Å². The van der Waals surface area contributed by atoms with Gasteiger partial charge in [-0.2, -0.15) is 0 Å². The molecule has 0 bridgehead atoms. The fraction of sp³-hybridized carbons (Fsp3) is 0.0526. The molecule has 0 radical (unpaired) electrons. The van der Waals surface area contributed by atoms with E-state index in [2.05, 4.69) is 0 Å². The van der Waals surface area contributed by atoms with E-state index in [1.165, 1.54) is 72.8 Å². The second kappa shape index (κ2) is 7.61. The summed E-state index contributed by atoms with van der Waals surface area (Å²) in [4.78, 5) is 0. The number of halogens is 3. The van der Waals surface area contributed by atoms with E-state index in [-0.39, 0.29) is 0 Å². The van der Waals surface area contributed by atoms with Gasteiger partial charge in [0, 0.05) is 0 Å². The second-order valence-electron chi connectivity index (χ2n) is 5.00. The Kier molecular flexibility index (Phi) is 5.09. The Morgan fingerprint density at radius 1 is 0.440 bits per heavy atom. The molecule has 0 spiro atoms. The molecule has 0 N–H and O–H groups in total. The zero-order valence-corrected chi connectivity index (χ0v) is 12.9. The van der Waals surface area contributed by atoms with E-state index >= 15 is 0 Å². The molecule has 3 aromatic rings. The van der Waals surface area contributed by atoms with Crippen LogP contribution >= 0.6 is 0 Å². The van der Waals surface area contributed by atoms with Crippen molar-refractivity contribution in [3.05, 3.63) is 90.2 Å². The van der Waals surface area contributed by atoms with Crippen molar-refractivity contribution in [1.29, 1.82) is 0 Å². The maximum atomic E-state index is 13.0. The first kappa shape index (κ1) is 16.7. The molecule has 0 fully saturated rings. The van der Waals surface area contributed by atoms with Gasteiger partial charge in [0.1, 0.15) is 34.7 Å². The van der Waals surface area contributed by atoms with Crippen LogP contribution < -0.4 is 14.2 Å². The molecule has 0 aliphatic heterocycles. The number of benzene rings is 3. The monoisotopic (exact) mass is 346 g/mol. The van der Waals surface area contributed by atoms with Crippen LogP contribution in [-0.2, 0) is 0 Å². The topological polar surface area (TPSA) is 27.7 Å². The zero-order chi connectivity index (χ0) is 17.6. The summed E-state index contributed by atoms with van der Waals surface area (Å²) in [6, 6.07) is 15.8. The Morgan fingerprint density at radius 3 is 0.920 bits per heavy atom. The Hall–Kier alpha value is -3.15. The van der Waals surface area contributed by atoms with Crippen molar-refractivity contribution in [3.63, 3.8) is 0 Å². The molecule has 0 aliphatic rings. The van der Waals surface area contributed by atoms with Gasteiger partial charge in [0.05, 0.1) is 0 Å². The molecule has 0 unspecified atom stereocenters. The first-order chi connectivity index (χ1) is 12.1. The first-order valence-corrected chi connectivity index (χ1v) is 7.35. The molecule has 0 atom stereocenters. The Morgan fingerprint density at radius 2 is 0.680 bits per heavy atom. The van der Waals surface area contributed by atoms with Gasteiger partial charge >= 0.3 is 6.48 Å². The molecule has 3 nitrogen and oxygen atoms in total. The summed E-state index contributed by atoms with van der Waals surface area (Å²) >= 11 is 0. The van der Waals surface area contributed by atoms with Gasteiger partial charge in [-0.25, -0.2) is 13.2 Å². The molecule has 0 saturated carbocycles. The minimum Gasteiger partial charge on any atom is -0.423 e. The van der Waals surface area contributed by atoms with Crippen LogP contribution in [0.25, 0.3) is 0 Å². The van der Waals surface area contributed by atoms with Crippen LogP contribution in [0.2, 0.25) is 0 Å². The fourth-order valence-corrected chi connectivity index (χ4v) is 1.94. The van der Waals surface area contributed by atoms with Crippen LogP contribution in [0, 0.1) is 17.5 Å². The van der Waals surface area contributed by atoms with Gasteiger partial charge in [-0.15, -0.1) is 0 Å². The third-order valence-corrected chi connectivity index (χ3v) is 3.14. The summed E-state index contributed by atoms with van der Waals surface area (Å²) in [6.45, 7) is -1.25. The summed E-state index contributed by atoms with van der Waals surface area (Å²) in [5.41, 5.74) is 0. The number of ether oxygens (including phenoxy) is 3. The standard InChI is InChI=1S/C19H13F3O3/c20-13-1-7-16(8-2-13)23-19(24-17-9-3-14(21)4-10-17)25-18-11-5-15(22)6-12-18/h1-12,19H. The van der Waals surface area contributed by atoms with E-state index in [9.17, 15) is 13.2 Å². The van der Waals surface area contributed by atoms with Crippen molar-refractivity contribution in [1.82, 2.24) is 0 Å². The van der Waals surface area contributed by atoms with Gasteiger partial charge < -0.3 is 14.2 Å². The van der Waals surface area contributed by atoms with Crippen LogP contribution in [0.4, 0.5) is 13.2 Å². The third kappa shape index (κ3) is 4.91. The van der Waals surface area contributed by atoms with Gasteiger partial charge in [-0.3, -0.25) is 0 Å². The van der Waals surface area contributed by atoms with E-state index in [4.69, 9.17) is 14.2 Å². The van der Waals surface area contributed by atoms with Gasteiger partial charge in [-0.05, 0) is 72.8 Å². The third-order valence-electron chi connectivity index (χ3n) is 3.14. The fourth-order valence-electron chi connectivity index (χ4n) is 1.94. The largest absolute Gasteiger partial charge is 0.423 e. The summed E-state index contributed by atoms with van der Waals surface area (Å²) in [6.07, 6.45) is 0. The lowest BCUT2D eigenvalue weighted by Gasteiger charge is -2.21. The highest BCUT2D eigenvalue weighted by Crippen LogP contribution is 2.20. The highest BCUT2D eigenvalue weighted by atomic mass is 19.1. The highest BCUT2D eigenvalue weighted by Gasteiger charge is 2.15. The molecule has 6 heteroatoms. The summed E-state index contributed by atoms with van der Waals surface area (Å²) in [7, 11) is 0. The normalized spacial score (nSPS) is 10.6. The number of rotatable bonds is 6. The van der Waals surface area contributed by atoms with Crippen molar-refractivity contribution in [2.75, 3.05) is 0 Å². The minimum atomic E-state index is -1.25. The predicted molar refractivity (Wildman–Crippen MR) is 84.9 cm³/mol. The Balaban J connectivity index is 1.77. The van der Waals surface area contributed by atoms with E-state index < -0.39 is 23.9 Å². The summed E-state index contributed by atoms with van der Waals surface area (Å²) in [5.74, 6) is -0.338. The van der Waals surface area contributed by atoms with Gasteiger partial charge in [0.15, 0.2) is 0 Å². The van der Waals surface area contributed by atoms with Gasteiger partial charge in [0.2, 0.25) is 0 Å². The first-order valence-electron chi connectivity index (χ1n) is 7.35. The Labute approximate surface area is 142 Å². The van der Waals surface area contributed by atoms with Crippen molar-refractivity contribution >= 4 is 0 Å². The van der Waals surface area contributed by atoms with Crippen LogP contribution in [-0.4, -0.2) is 6.48 Å². The van der Waals surface area contributed by atoms with Crippen molar-refractivity contribution in [2.45, 2.75) is 6.48 Å². The molecule has 0 heterocycles. The molecule has 3 aromatic carbocycles. The second-order valence-corrected chi connectivity index (χ2v) is 5.00. The molecule has 0 saturated heterocycles. The lowest BCUT2D eigenvalue weighted by atomic mass is 10.3. The van der Waals surface area contributed by atoms with Crippen molar-refractivity contribution in [2.24, 2.45) is 0 Å². The zero-order valence-electron chi connectivity index (χ0n) is 12.9. The highest BCUT2D eigenvalue weighted by molar-refractivity contribution is 5.25. The molecule has 0 aliphatic carbocycles. The predicted octanol–water partition coefficient (Wildman–Crippen LogP) is 4.92. The molecule has 25 heavy (non-hydrogen) atoms. The lowest BCUT2D eigenvalue weighted by molar-refractivity contribution is -0.140. The van der Waals surface area contributed by atoms with Gasteiger partial charge in [-0.1, -0.05) is 0 Å². The van der Waals surface area contributed by atoms with Crippen LogP contribution in [0.3, 0.4) is 0 Å². The van der Waals surface area contributed by atoms with Crippen LogP contribution in [0.15, 0.2) is 72.8 Å². The molecular weight excluding hydrogens is 333 g/mol. The number of hydrogen-bond donors (Lipinski definition) is 0. The molecule has 0 amide bonds. The average Bonchev–Trinajstić information content (AvgIpc) is 2.61. The average molecular weight is 346 g/mol. The molecular formula is C19H13F3O3. The molecule has 3 rings (SSSR count). The van der Waals surface area contributed by atoms with E-state index in [0.29, 0.717) is 17.2 Å². The van der Waals surface area contributed by atoms with Crippen molar-refractivity contribution < 1.29 is 27.4 Å². The van der Waals surface area contributed by atoms with Gasteiger partial charge in [0.25, 0.3) is 0 Å². The van der Waals surface area contributed by atoms with Crippen LogP contribution in [0.5, 0.6) is 17.2 Å². The lowest BCUT2D eigenvalue weighted by Crippen LogP contribution is -2.30. The number of hydrogen-bond acceptors (Lipinski definition) is 3. The quantitative estimate of drug-likeness (QED) is 0.593. The van der Waals surface area contributed by atoms with E-state index in [0.717, 1.165) is 0 Å². The summed E-state index contributed by atoms with van der Waals surface area (Å²) in [5, 5.41) is 0. The van der Waals surface area contributed by atoms with E-state index in [1.807, 2.05) is 0 Å². The SMILES string of the molecule is Fc1ccc(OC(Oc2ccc(F)cc2)Oc2ccc(F)cc2)cc1. The molecule has 128 valence electrons. The smallest absolute Gasteiger partial charge is 0.406 e. The molecule has 0 aromatic heterocycles. The Bertz CT molecular complexity index is 690. The van der Waals surface area contributed by atoms with E-state index in [1.54, 1.807) is 0 Å².